The number of carbonyl (C=O) groups excluding carboxylic acids is 1. The Labute approximate surface area is 186 Å². The molecule has 1 aromatic carbocycles. The first kappa shape index (κ1) is 21.3. The lowest BCUT2D eigenvalue weighted by Crippen LogP contribution is -2.47. The number of nitrogens with zero attached hydrogens (tertiary/aromatic N) is 4. The van der Waals surface area contributed by atoms with Crippen LogP contribution in [0.2, 0.25) is 5.02 Å². The number of nitrogens with one attached hydrogen (secondary N) is 1. The van der Waals surface area contributed by atoms with E-state index in [4.69, 9.17) is 16.3 Å². The van der Waals surface area contributed by atoms with Gasteiger partial charge in [0.1, 0.15) is 11.3 Å². The van der Waals surface area contributed by atoms with Crippen molar-refractivity contribution >= 4 is 34.3 Å². The van der Waals surface area contributed by atoms with E-state index in [2.05, 4.69) is 20.5 Å². The molecule has 2 aromatic heterocycles. The molecular weight excluding hydrogens is 414 g/mol. The SMILES string of the molecule is CC(C)(C)OC(=O)N1CCCC(Nc2nnc(-c3ccc(Cl)cc3)c3ccncc23)C1. The van der Waals surface area contributed by atoms with Gasteiger partial charge in [0.25, 0.3) is 0 Å². The number of anilines is 1. The summed E-state index contributed by atoms with van der Waals surface area (Å²) >= 11 is 6.03. The van der Waals surface area contributed by atoms with Crippen LogP contribution in [0.15, 0.2) is 42.7 Å². The van der Waals surface area contributed by atoms with Gasteiger partial charge in [-0.25, -0.2) is 4.79 Å². The Morgan fingerprint density at radius 1 is 1.16 bits per heavy atom. The highest BCUT2D eigenvalue weighted by Gasteiger charge is 2.28. The fourth-order valence-corrected chi connectivity index (χ4v) is 3.83. The third-order valence-electron chi connectivity index (χ3n) is 5.11. The predicted molar refractivity (Wildman–Crippen MR) is 122 cm³/mol. The molecule has 1 aliphatic rings. The first-order valence-electron chi connectivity index (χ1n) is 10.4. The zero-order valence-corrected chi connectivity index (χ0v) is 18.7. The van der Waals surface area contributed by atoms with Gasteiger partial charge in [-0.05, 0) is 51.8 Å². The van der Waals surface area contributed by atoms with Crippen molar-refractivity contribution in [2.24, 2.45) is 0 Å². The molecule has 0 saturated carbocycles. The summed E-state index contributed by atoms with van der Waals surface area (Å²) in [5.74, 6) is 0.664. The first-order chi connectivity index (χ1) is 14.8. The van der Waals surface area contributed by atoms with Crippen LogP contribution in [0.1, 0.15) is 33.6 Å². The molecule has 8 heteroatoms. The van der Waals surface area contributed by atoms with Crippen molar-refractivity contribution < 1.29 is 9.53 Å². The minimum absolute atomic E-state index is 0.0559. The van der Waals surface area contributed by atoms with Crippen LogP contribution < -0.4 is 5.32 Å². The van der Waals surface area contributed by atoms with Gasteiger partial charge in [-0.1, -0.05) is 23.7 Å². The van der Waals surface area contributed by atoms with Crippen molar-refractivity contribution in [3.05, 3.63) is 47.7 Å². The fraction of sp³-hybridized carbons (Fsp3) is 0.391. The number of pyridine rings is 1. The maximum atomic E-state index is 12.5. The summed E-state index contributed by atoms with van der Waals surface area (Å²) in [6.07, 6.45) is 5.08. The van der Waals surface area contributed by atoms with Crippen molar-refractivity contribution in [2.45, 2.75) is 45.3 Å². The van der Waals surface area contributed by atoms with Crippen molar-refractivity contribution in [1.82, 2.24) is 20.1 Å². The van der Waals surface area contributed by atoms with Crippen molar-refractivity contribution in [3.63, 3.8) is 0 Å². The van der Waals surface area contributed by atoms with E-state index in [1.807, 2.05) is 51.1 Å². The maximum absolute atomic E-state index is 12.5. The van der Waals surface area contributed by atoms with Crippen LogP contribution in [0.5, 0.6) is 0 Å². The van der Waals surface area contributed by atoms with E-state index >= 15 is 0 Å². The molecule has 3 heterocycles. The normalized spacial score (nSPS) is 16.9. The highest BCUT2D eigenvalue weighted by molar-refractivity contribution is 6.30. The summed E-state index contributed by atoms with van der Waals surface area (Å²) in [7, 11) is 0. The zero-order valence-electron chi connectivity index (χ0n) is 17.9. The van der Waals surface area contributed by atoms with Crippen LogP contribution in [-0.2, 0) is 4.74 Å². The Bertz CT molecular complexity index is 1080. The van der Waals surface area contributed by atoms with Gasteiger partial charge >= 0.3 is 6.09 Å². The molecule has 4 rings (SSSR count). The highest BCUT2D eigenvalue weighted by atomic mass is 35.5. The Kier molecular flexibility index (Phi) is 5.96. The molecular formula is C23H26ClN5O2. The maximum Gasteiger partial charge on any atom is 0.410 e. The minimum atomic E-state index is -0.512. The number of piperidine rings is 1. The van der Waals surface area contributed by atoms with E-state index < -0.39 is 5.60 Å². The Balaban J connectivity index is 1.57. The van der Waals surface area contributed by atoms with E-state index in [-0.39, 0.29) is 12.1 Å². The number of rotatable bonds is 3. The monoisotopic (exact) mass is 439 g/mol. The fourth-order valence-electron chi connectivity index (χ4n) is 3.71. The van der Waals surface area contributed by atoms with Gasteiger partial charge in [-0.15, -0.1) is 10.2 Å². The Hall–Kier alpha value is -2.93. The van der Waals surface area contributed by atoms with Crippen molar-refractivity contribution in [2.75, 3.05) is 18.4 Å². The number of fused-ring (bicyclic) bond motifs is 1. The number of benzene rings is 1. The number of amides is 1. The lowest BCUT2D eigenvalue weighted by Gasteiger charge is -2.34. The minimum Gasteiger partial charge on any atom is -0.444 e. The number of likely N-dealkylation sites (tertiary alicyclic amines) is 1. The van der Waals surface area contributed by atoms with E-state index in [1.165, 1.54) is 0 Å². The van der Waals surface area contributed by atoms with Crippen LogP contribution in [0.4, 0.5) is 10.6 Å². The smallest absolute Gasteiger partial charge is 0.410 e. The lowest BCUT2D eigenvalue weighted by atomic mass is 10.0. The summed E-state index contributed by atoms with van der Waals surface area (Å²) < 4.78 is 5.53. The second kappa shape index (κ2) is 8.67. The molecule has 7 nitrogen and oxygen atoms in total. The molecule has 3 aromatic rings. The molecule has 0 spiro atoms. The number of ether oxygens (including phenoxy) is 1. The van der Waals surface area contributed by atoms with Crippen LogP contribution in [0.3, 0.4) is 0 Å². The molecule has 0 radical (unpaired) electrons. The van der Waals surface area contributed by atoms with E-state index in [0.717, 1.165) is 34.9 Å². The molecule has 1 unspecified atom stereocenters. The highest BCUT2D eigenvalue weighted by Crippen LogP contribution is 2.30. The second-order valence-electron chi connectivity index (χ2n) is 8.74. The van der Waals surface area contributed by atoms with Crippen LogP contribution in [0, 0.1) is 0 Å². The van der Waals surface area contributed by atoms with Crippen molar-refractivity contribution in [1.29, 1.82) is 0 Å². The predicted octanol–water partition coefficient (Wildman–Crippen LogP) is 5.16. The molecule has 1 amide bonds. The van der Waals surface area contributed by atoms with Gasteiger partial charge in [0.2, 0.25) is 0 Å². The van der Waals surface area contributed by atoms with Gasteiger partial charge in [-0.2, -0.15) is 0 Å². The average Bonchev–Trinajstić information content (AvgIpc) is 2.74. The summed E-state index contributed by atoms with van der Waals surface area (Å²) in [6.45, 7) is 6.87. The van der Waals surface area contributed by atoms with Crippen molar-refractivity contribution in [3.8, 4) is 11.3 Å². The standard InChI is InChI=1S/C23H26ClN5O2/c1-23(2,3)31-22(30)29-12-4-5-17(14-29)26-21-19-13-25-11-10-18(19)20(27-28-21)15-6-8-16(24)9-7-15/h6-11,13,17H,4-5,12,14H2,1-3H3,(H,26,28). The first-order valence-corrected chi connectivity index (χ1v) is 10.8. The quantitative estimate of drug-likeness (QED) is 0.607. The average molecular weight is 440 g/mol. The van der Waals surface area contributed by atoms with Gasteiger partial charge < -0.3 is 15.0 Å². The molecule has 1 saturated heterocycles. The molecule has 1 atom stereocenters. The number of halogens is 1. The molecule has 0 aliphatic carbocycles. The Morgan fingerprint density at radius 2 is 1.94 bits per heavy atom. The van der Waals surface area contributed by atoms with Gasteiger partial charge in [0, 0.05) is 52.9 Å². The molecule has 1 fully saturated rings. The van der Waals surface area contributed by atoms with Crippen LogP contribution in [0.25, 0.3) is 22.0 Å². The zero-order chi connectivity index (χ0) is 22.0. The third kappa shape index (κ3) is 5.05. The van der Waals surface area contributed by atoms with Gasteiger partial charge in [0.05, 0.1) is 0 Å². The molecule has 162 valence electrons. The topological polar surface area (TPSA) is 80.2 Å². The molecule has 1 aliphatic heterocycles. The number of hydrogen-bond acceptors (Lipinski definition) is 6. The molecule has 0 bridgehead atoms. The largest absolute Gasteiger partial charge is 0.444 e. The third-order valence-corrected chi connectivity index (χ3v) is 5.36. The Morgan fingerprint density at radius 3 is 2.68 bits per heavy atom. The summed E-state index contributed by atoms with van der Waals surface area (Å²) in [5.41, 5.74) is 1.20. The van der Waals surface area contributed by atoms with Crippen LogP contribution >= 0.6 is 11.6 Å². The molecule has 31 heavy (non-hydrogen) atoms. The lowest BCUT2D eigenvalue weighted by molar-refractivity contribution is 0.0206. The number of carbonyl (C=O) groups is 1. The summed E-state index contributed by atoms with van der Waals surface area (Å²) in [6, 6.07) is 9.53. The van der Waals surface area contributed by atoms with Gasteiger partial charge in [-0.3, -0.25) is 4.98 Å². The number of hydrogen-bond donors (Lipinski definition) is 1. The van der Waals surface area contributed by atoms with E-state index in [1.54, 1.807) is 17.3 Å². The van der Waals surface area contributed by atoms with E-state index in [9.17, 15) is 4.79 Å². The molecule has 1 N–H and O–H groups in total. The summed E-state index contributed by atoms with van der Waals surface area (Å²) in [5, 5.41) is 14.9. The summed E-state index contributed by atoms with van der Waals surface area (Å²) in [4.78, 5) is 18.5. The second-order valence-corrected chi connectivity index (χ2v) is 9.17. The van der Waals surface area contributed by atoms with Gasteiger partial charge in [0.15, 0.2) is 5.82 Å². The van der Waals surface area contributed by atoms with Crippen LogP contribution in [-0.4, -0.2) is 50.9 Å². The number of aromatic nitrogens is 3. The van der Waals surface area contributed by atoms with E-state index in [0.29, 0.717) is 23.9 Å².